The van der Waals surface area contributed by atoms with Crippen LogP contribution in [0.25, 0.3) is 10.5 Å². The summed E-state index contributed by atoms with van der Waals surface area (Å²) in [5.74, 6) is -1.83. The first-order valence-corrected chi connectivity index (χ1v) is 8.53. The molecule has 1 atom stereocenters. The highest BCUT2D eigenvalue weighted by atomic mass is 35.5. The summed E-state index contributed by atoms with van der Waals surface area (Å²) in [6, 6.07) is 13.3. The van der Waals surface area contributed by atoms with E-state index in [-0.39, 0.29) is 10.6 Å². The Morgan fingerprint density at radius 1 is 1.26 bits per heavy atom. The van der Waals surface area contributed by atoms with E-state index in [1.165, 1.54) is 25.3 Å². The van der Waals surface area contributed by atoms with Crippen LogP contribution >= 0.6 is 11.6 Å². The number of dihydropyridines is 1. The summed E-state index contributed by atoms with van der Waals surface area (Å²) in [4.78, 5) is 16.2. The third-order valence-electron chi connectivity index (χ3n) is 4.40. The number of carbonyl (C=O) groups is 1. The third kappa shape index (κ3) is 3.44. The predicted octanol–water partition coefficient (Wildman–Crippen LogP) is 4.90. The second kappa shape index (κ2) is 7.65. The lowest BCUT2D eigenvalue weighted by molar-refractivity contribution is -0.136. The van der Waals surface area contributed by atoms with E-state index in [1.54, 1.807) is 6.92 Å². The van der Waals surface area contributed by atoms with Crippen molar-refractivity contribution in [2.45, 2.75) is 12.8 Å². The molecule has 1 aliphatic rings. The van der Waals surface area contributed by atoms with Crippen molar-refractivity contribution >= 4 is 23.3 Å². The zero-order valence-corrected chi connectivity index (χ0v) is 15.5. The maximum Gasteiger partial charge on any atom is 0.335 e. The average molecular weight is 383 g/mol. The van der Waals surface area contributed by atoms with Crippen LogP contribution in [0.15, 0.2) is 65.5 Å². The predicted molar refractivity (Wildman–Crippen MR) is 102 cm³/mol. The Hall–Kier alpha value is -3.10. The van der Waals surface area contributed by atoms with Crippen LogP contribution < -0.4 is 5.32 Å². The van der Waals surface area contributed by atoms with Crippen LogP contribution in [-0.4, -0.2) is 13.1 Å². The second-order valence-electron chi connectivity index (χ2n) is 5.99. The zero-order chi connectivity index (χ0) is 19.6. The number of ether oxygens (including phenoxy) is 1. The van der Waals surface area contributed by atoms with Gasteiger partial charge in [0.25, 0.3) is 0 Å². The van der Waals surface area contributed by atoms with Crippen LogP contribution in [0, 0.1) is 12.4 Å². The smallest absolute Gasteiger partial charge is 0.335 e. The maximum absolute atomic E-state index is 13.6. The van der Waals surface area contributed by atoms with E-state index < -0.39 is 17.7 Å². The van der Waals surface area contributed by atoms with E-state index in [9.17, 15) is 9.18 Å². The Kier molecular flexibility index (Phi) is 5.29. The van der Waals surface area contributed by atoms with Crippen LogP contribution in [0.4, 0.5) is 4.39 Å². The third-order valence-corrected chi connectivity index (χ3v) is 4.72. The van der Waals surface area contributed by atoms with Gasteiger partial charge in [-0.2, -0.15) is 0 Å². The molecule has 0 saturated heterocycles. The molecule has 0 fully saturated rings. The lowest BCUT2D eigenvalue weighted by atomic mass is 9.83. The number of carbonyl (C=O) groups excluding carboxylic acids is 1. The van der Waals surface area contributed by atoms with Crippen molar-refractivity contribution < 1.29 is 13.9 Å². The summed E-state index contributed by atoms with van der Waals surface area (Å²) < 4.78 is 18.5. The van der Waals surface area contributed by atoms with Crippen LogP contribution in [-0.2, 0) is 9.53 Å². The van der Waals surface area contributed by atoms with Gasteiger partial charge < -0.3 is 10.1 Å². The summed E-state index contributed by atoms with van der Waals surface area (Å²) in [5, 5.41) is 3.30. The Labute approximate surface area is 161 Å². The van der Waals surface area contributed by atoms with Crippen LogP contribution in [0.1, 0.15) is 24.0 Å². The standard InChI is InChI=1S/C21H16ClFN2O2/c1-12-17(21(26)27-3)18(15-10-9-14(23)11-16(15)22)20(24-2)19(25-12)13-7-5-4-6-8-13/h4-11,18,25H,1,3H3. The molecule has 1 heterocycles. The molecule has 0 bridgehead atoms. The van der Waals surface area contributed by atoms with E-state index in [0.717, 1.165) is 5.56 Å². The quantitative estimate of drug-likeness (QED) is 0.606. The summed E-state index contributed by atoms with van der Waals surface area (Å²) in [6.07, 6.45) is 0. The van der Waals surface area contributed by atoms with Crippen molar-refractivity contribution in [1.82, 2.24) is 5.32 Å². The number of methoxy groups -OCH3 is 1. The molecule has 2 aromatic carbocycles. The van der Waals surface area contributed by atoms with E-state index in [0.29, 0.717) is 22.7 Å². The highest BCUT2D eigenvalue weighted by molar-refractivity contribution is 6.31. The van der Waals surface area contributed by atoms with Gasteiger partial charge in [0.05, 0.1) is 25.2 Å². The maximum atomic E-state index is 13.6. The Balaban J connectivity index is 2.29. The molecular weight excluding hydrogens is 367 g/mol. The van der Waals surface area contributed by atoms with Crippen LogP contribution in [0.5, 0.6) is 0 Å². The number of nitrogens with zero attached hydrogens (tertiary/aromatic N) is 1. The van der Waals surface area contributed by atoms with Gasteiger partial charge in [-0.25, -0.2) is 14.0 Å². The molecule has 27 heavy (non-hydrogen) atoms. The molecule has 0 radical (unpaired) electrons. The number of nitrogens with one attached hydrogen (secondary N) is 1. The monoisotopic (exact) mass is 382 g/mol. The summed E-state index contributed by atoms with van der Waals surface area (Å²) in [6.45, 7) is 9.49. The molecular formula is C21H16ClFN2O2. The number of allylic oxidation sites excluding steroid dienone is 2. The number of benzene rings is 2. The molecule has 0 amide bonds. The second-order valence-corrected chi connectivity index (χ2v) is 6.40. The molecule has 6 heteroatoms. The first-order valence-electron chi connectivity index (χ1n) is 8.16. The van der Waals surface area contributed by atoms with Gasteiger partial charge in [0, 0.05) is 16.4 Å². The molecule has 0 spiro atoms. The van der Waals surface area contributed by atoms with E-state index >= 15 is 0 Å². The molecule has 1 N–H and O–H groups in total. The van der Waals surface area contributed by atoms with Gasteiger partial charge in [-0.05, 0) is 30.2 Å². The number of hydrogen-bond acceptors (Lipinski definition) is 3. The lowest BCUT2D eigenvalue weighted by Gasteiger charge is -2.30. The van der Waals surface area contributed by atoms with Crippen molar-refractivity contribution in [3.8, 4) is 0 Å². The van der Waals surface area contributed by atoms with Gasteiger partial charge >= 0.3 is 5.97 Å². The van der Waals surface area contributed by atoms with Crippen molar-refractivity contribution in [2.24, 2.45) is 0 Å². The minimum absolute atomic E-state index is 0.143. The van der Waals surface area contributed by atoms with Crippen molar-refractivity contribution in [2.75, 3.05) is 7.11 Å². The van der Waals surface area contributed by atoms with Gasteiger partial charge in [0.15, 0.2) is 0 Å². The molecule has 1 aliphatic heterocycles. The fraction of sp³-hybridized carbons (Fsp3) is 0.143. The van der Waals surface area contributed by atoms with Gasteiger partial charge in [0.1, 0.15) is 5.82 Å². The van der Waals surface area contributed by atoms with Gasteiger partial charge in [-0.1, -0.05) is 48.0 Å². The largest absolute Gasteiger partial charge is 0.466 e. The van der Waals surface area contributed by atoms with Crippen molar-refractivity contribution in [1.29, 1.82) is 0 Å². The first-order chi connectivity index (χ1) is 13.0. The number of esters is 1. The molecule has 2 aromatic rings. The Bertz CT molecular complexity index is 1010. The topological polar surface area (TPSA) is 42.7 Å². The van der Waals surface area contributed by atoms with E-state index in [4.69, 9.17) is 22.9 Å². The van der Waals surface area contributed by atoms with Crippen LogP contribution in [0.2, 0.25) is 5.02 Å². The SMILES string of the molecule is [C-]#[N+]C1=C(c2ccccc2)NC(C)=C(C(=O)OC)C1c1ccc(F)cc1Cl. The fourth-order valence-corrected chi connectivity index (χ4v) is 3.46. The van der Waals surface area contributed by atoms with Crippen molar-refractivity contribution in [3.05, 3.63) is 98.9 Å². The number of halogens is 2. The molecule has 0 aromatic heterocycles. The Morgan fingerprint density at radius 2 is 1.96 bits per heavy atom. The molecule has 4 nitrogen and oxygen atoms in total. The lowest BCUT2D eigenvalue weighted by Crippen LogP contribution is -2.28. The van der Waals surface area contributed by atoms with Gasteiger partial charge in [-0.3, -0.25) is 0 Å². The molecule has 0 saturated carbocycles. The first kappa shape index (κ1) is 18.7. The van der Waals surface area contributed by atoms with Gasteiger partial charge in [0.2, 0.25) is 5.70 Å². The fourth-order valence-electron chi connectivity index (χ4n) is 3.18. The normalized spacial score (nSPS) is 16.6. The zero-order valence-electron chi connectivity index (χ0n) is 14.7. The molecule has 0 aliphatic carbocycles. The Morgan fingerprint density at radius 3 is 2.56 bits per heavy atom. The summed E-state index contributed by atoms with van der Waals surface area (Å²) in [5.41, 5.74) is 2.98. The average Bonchev–Trinajstić information content (AvgIpc) is 2.67. The molecule has 136 valence electrons. The number of rotatable bonds is 3. The van der Waals surface area contributed by atoms with Gasteiger partial charge in [-0.15, -0.1) is 0 Å². The van der Waals surface area contributed by atoms with Crippen LogP contribution in [0.3, 0.4) is 0 Å². The van der Waals surface area contributed by atoms with Crippen molar-refractivity contribution in [3.63, 3.8) is 0 Å². The summed E-state index contributed by atoms with van der Waals surface area (Å²) in [7, 11) is 1.28. The van der Waals surface area contributed by atoms with E-state index in [2.05, 4.69) is 10.2 Å². The number of hydrogen-bond donors (Lipinski definition) is 1. The molecule has 3 rings (SSSR count). The highest BCUT2D eigenvalue weighted by Crippen LogP contribution is 2.44. The van der Waals surface area contributed by atoms with E-state index in [1.807, 2.05) is 30.3 Å². The molecule has 1 unspecified atom stereocenters. The summed E-state index contributed by atoms with van der Waals surface area (Å²) >= 11 is 6.28. The minimum Gasteiger partial charge on any atom is -0.466 e. The highest BCUT2D eigenvalue weighted by Gasteiger charge is 2.37. The minimum atomic E-state index is -0.764.